The molecule has 2 aromatic heterocycles. The Labute approximate surface area is 152 Å². The Kier molecular flexibility index (Phi) is 5.21. The second-order valence-electron chi connectivity index (χ2n) is 7.23. The monoisotopic (exact) mass is 356 g/mol. The third kappa shape index (κ3) is 3.79. The summed E-state index contributed by atoms with van der Waals surface area (Å²) in [4.78, 5) is 13.0. The van der Waals surface area contributed by atoms with Gasteiger partial charge in [0.1, 0.15) is 0 Å². The second kappa shape index (κ2) is 7.20. The molecule has 0 aliphatic heterocycles. The molecule has 0 spiro atoms. The Balaban J connectivity index is 1.98. The van der Waals surface area contributed by atoms with Gasteiger partial charge in [-0.15, -0.1) is 0 Å². The van der Waals surface area contributed by atoms with Crippen LogP contribution < -0.4 is 0 Å². The van der Waals surface area contributed by atoms with Gasteiger partial charge < -0.3 is 0 Å². The Morgan fingerprint density at radius 1 is 1.04 bits per heavy atom. The fraction of sp³-hybridized carbons (Fsp3) is 0.381. The van der Waals surface area contributed by atoms with Gasteiger partial charge in [-0.25, -0.2) is 0 Å². The van der Waals surface area contributed by atoms with E-state index in [2.05, 4.69) is 66.6 Å². The fourth-order valence-electron chi connectivity index (χ4n) is 3.20. The lowest BCUT2D eigenvalue weighted by atomic mass is 9.66. The molecule has 3 rings (SSSR count). The first kappa shape index (κ1) is 17.4. The minimum absolute atomic E-state index is 0.232. The molecule has 24 heavy (non-hydrogen) atoms. The Morgan fingerprint density at radius 3 is 1.92 bits per heavy atom. The first-order chi connectivity index (χ1) is 11.5. The van der Waals surface area contributed by atoms with Crippen molar-refractivity contribution in [2.75, 3.05) is 0 Å². The van der Waals surface area contributed by atoms with Crippen LogP contribution in [0.15, 0.2) is 44.8 Å². The van der Waals surface area contributed by atoms with Gasteiger partial charge in [0, 0.05) is 11.1 Å². The second-order valence-corrected chi connectivity index (χ2v) is 8.79. The summed E-state index contributed by atoms with van der Waals surface area (Å²) < 4.78 is 0. The molecule has 0 amide bonds. The van der Waals surface area contributed by atoms with E-state index in [-0.39, 0.29) is 11.2 Å². The fourth-order valence-corrected chi connectivity index (χ4v) is 4.44. The zero-order chi connectivity index (χ0) is 17.2. The smallest absolute Gasteiger partial charge is 0.185 e. The molecule has 2 aromatic rings. The summed E-state index contributed by atoms with van der Waals surface area (Å²) in [6.07, 6.45) is 7.09. The third-order valence-corrected chi connectivity index (χ3v) is 6.70. The maximum atomic E-state index is 13.0. The highest BCUT2D eigenvalue weighted by atomic mass is 32.1. The topological polar surface area (TPSA) is 17.1 Å². The summed E-state index contributed by atoms with van der Waals surface area (Å²) in [5.74, 6) is 0.741. The quantitative estimate of drug-likeness (QED) is 0.558. The lowest BCUT2D eigenvalue weighted by Gasteiger charge is -2.37. The predicted octanol–water partition coefficient (Wildman–Crippen LogP) is 6.69. The van der Waals surface area contributed by atoms with Crippen LogP contribution in [0.4, 0.5) is 0 Å². The summed E-state index contributed by atoms with van der Waals surface area (Å²) >= 11 is 3.35. The van der Waals surface area contributed by atoms with Gasteiger partial charge >= 0.3 is 0 Å². The number of rotatable bonds is 4. The molecule has 0 aromatic carbocycles. The molecule has 0 bridgehead atoms. The first-order valence-corrected chi connectivity index (χ1v) is 10.4. The lowest BCUT2D eigenvalue weighted by Crippen LogP contribution is -2.30. The van der Waals surface area contributed by atoms with E-state index in [1.165, 1.54) is 0 Å². The highest BCUT2D eigenvalue weighted by Gasteiger charge is 2.36. The van der Waals surface area contributed by atoms with E-state index in [1.54, 1.807) is 22.7 Å². The molecular formula is C21H24OS2. The van der Waals surface area contributed by atoms with Gasteiger partial charge in [0.2, 0.25) is 0 Å². The van der Waals surface area contributed by atoms with Crippen LogP contribution in [0.1, 0.15) is 51.2 Å². The molecule has 1 fully saturated rings. The van der Waals surface area contributed by atoms with Crippen molar-refractivity contribution in [3.05, 3.63) is 55.9 Å². The zero-order valence-corrected chi connectivity index (χ0v) is 16.2. The van der Waals surface area contributed by atoms with Crippen molar-refractivity contribution in [2.24, 2.45) is 11.3 Å². The number of hydrogen-bond donors (Lipinski definition) is 0. The Morgan fingerprint density at radius 2 is 1.54 bits per heavy atom. The molecule has 3 heteroatoms. The molecule has 0 radical (unpaired) electrons. The zero-order valence-electron chi connectivity index (χ0n) is 14.5. The van der Waals surface area contributed by atoms with Crippen LogP contribution in [0.3, 0.4) is 0 Å². The molecule has 126 valence electrons. The van der Waals surface area contributed by atoms with Crippen LogP contribution in [-0.2, 0) is 4.79 Å². The minimum Gasteiger partial charge on any atom is -0.289 e. The van der Waals surface area contributed by atoms with Gasteiger partial charge in [-0.05, 0) is 81.1 Å². The van der Waals surface area contributed by atoms with Crippen molar-refractivity contribution >= 4 is 40.6 Å². The SMILES string of the molecule is CCC(C)(C)C1CC(=Cc2ccsc2)C(=O)/C(=C/c2ccsc2)C1. The summed E-state index contributed by atoms with van der Waals surface area (Å²) in [5.41, 5.74) is 4.46. The van der Waals surface area contributed by atoms with Gasteiger partial charge in [-0.1, -0.05) is 27.2 Å². The molecule has 1 aliphatic carbocycles. The molecule has 1 nitrogen and oxygen atoms in total. The average molecular weight is 357 g/mol. The van der Waals surface area contributed by atoms with Crippen LogP contribution in [-0.4, -0.2) is 5.78 Å². The van der Waals surface area contributed by atoms with E-state index in [4.69, 9.17) is 0 Å². The van der Waals surface area contributed by atoms with Crippen molar-refractivity contribution in [1.82, 2.24) is 0 Å². The lowest BCUT2D eigenvalue weighted by molar-refractivity contribution is -0.113. The Bertz CT molecular complexity index is 690. The molecule has 1 aliphatic rings. The van der Waals surface area contributed by atoms with E-state index in [0.29, 0.717) is 5.92 Å². The first-order valence-electron chi connectivity index (χ1n) is 8.50. The van der Waals surface area contributed by atoms with E-state index in [9.17, 15) is 4.79 Å². The van der Waals surface area contributed by atoms with Crippen LogP contribution in [0, 0.1) is 11.3 Å². The molecule has 0 N–H and O–H groups in total. The van der Waals surface area contributed by atoms with E-state index in [1.807, 2.05) is 0 Å². The maximum Gasteiger partial charge on any atom is 0.185 e. The van der Waals surface area contributed by atoms with Crippen molar-refractivity contribution < 1.29 is 4.79 Å². The number of carbonyl (C=O) groups is 1. The van der Waals surface area contributed by atoms with Crippen molar-refractivity contribution in [1.29, 1.82) is 0 Å². The minimum atomic E-state index is 0.232. The number of Topliss-reactive ketones (excluding diaryl/α,β-unsaturated/α-hetero) is 1. The number of ketones is 1. The van der Waals surface area contributed by atoms with E-state index in [0.717, 1.165) is 41.5 Å². The summed E-state index contributed by atoms with van der Waals surface area (Å²) in [6.45, 7) is 6.91. The molecule has 1 unspecified atom stereocenters. The molecule has 2 heterocycles. The normalized spacial score (nSPS) is 22.5. The standard InChI is InChI=1S/C21H24OS2/c1-4-21(2,3)19-11-17(9-15-5-7-23-13-15)20(22)18(12-19)10-16-6-8-24-14-16/h5-10,13-14,19H,4,11-12H2,1-3H3/b17-9+,18-10?. The maximum absolute atomic E-state index is 13.0. The largest absolute Gasteiger partial charge is 0.289 e. The van der Waals surface area contributed by atoms with Crippen LogP contribution in [0.2, 0.25) is 0 Å². The summed E-state index contributed by atoms with van der Waals surface area (Å²) in [6, 6.07) is 4.17. The van der Waals surface area contributed by atoms with Crippen molar-refractivity contribution in [3.8, 4) is 0 Å². The predicted molar refractivity (Wildman–Crippen MR) is 106 cm³/mol. The third-order valence-electron chi connectivity index (χ3n) is 5.30. The summed E-state index contributed by atoms with van der Waals surface area (Å²) in [7, 11) is 0. The van der Waals surface area contributed by atoms with Crippen molar-refractivity contribution in [2.45, 2.75) is 40.0 Å². The highest BCUT2D eigenvalue weighted by Crippen LogP contribution is 2.44. The van der Waals surface area contributed by atoms with E-state index < -0.39 is 0 Å². The van der Waals surface area contributed by atoms with Crippen LogP contribution >= 0.6 is 22.7 Å². The van der Waals surface area contributed by atoms with Gasteiger partial charge in [0.15, 0.2) is 5.78 Å². The average Bonchev–Trinajstić information content (AvgIpc) is 3.24. The number of carbonyl (C=O) groups excluding carboxylic acids is 1. The molecule has 0 saturated heterocycles. The van der Waals surface area contributed by atoms with Crippen LogP contribution in [0.5, 0.6) is 0 Å². The molecular weight excluding hydrogens is 332 g/mol. The molecule has 1 atom stereocenters. The number of thiophene rings is 2. The van der Waals surface area contributed by atoms with Gasteiger partial charge in [-0.3, -0.25) is 4.79 Å². The number of hydrogen-bond acceptors (Lipinski definition) is 3. The highest BCUT2D eigenvalue weighted by molar-refractivity contribution is 7.08. The van der Waals surface area contributed by atoms with Crippen LogP contribution in [0.25, 0.3) is 12.2 Å². The van der Waals surface area contributed by atoms with Gasteiger partial charge in [-0.2, -0.15) is 22.7 Å². The van der Waals surface area contributed by atoms with Gasteiger partial charge in [0.05, 0.1) is 0 Å². The van der Waals surface area contributed by atoms with Crippen molar-refractivity contribution in [3.63, 3.8) is 0 Å². The van der Waals surface area contributed by atoms with E-state index >= 15 is 0 Å². The summed E-state index contributed by atoms with van der Waals surface area (Å²) in [5, 5.41) is 8.35. The molecule has 1 saturated carbocycles. The Hall–Kier alpha value is -1.45. The van der Waals surface area contributed by atoms with Gasteiger partial charge in [0.25, 0.3) is 0 Å². The number of allylic oxidation sites excluding steroid dienone is 2.